The second-order valence-corrected chi connectivity index (χ2v) is 9.91. The standard InChI is InChI=1S/C29H29N7O2/c30-16-21(15-19-8-9-19)29(37)35-14-4-5-22(35)17-36-28-25(27(31)32-18-33-28)26(34-36)20-10-12-24(13-11-20)38-23-6-2-1-3-7-23/h1-3,6-7,10-13,15,18-19,22,29,37H,4-5,8-9,14,17H2,(H2,31,32,33)/b21-15+. The summed E-state index contributed by atoms with van der Waals surface area (Å²) in [5, 5.41) is 26.3. The zero-order chi connectivity index (χ0) is 26.1. The highest BCUT2D eigenvalue weighted by Gasteiger charge is 2.34. The van der Waals surface area contributed by atoms with E-state index in [4.69, 9.17) is 15.6 Å². The van der Waals surface area contributed by atoms with Gasteiger partial charge in [-0.3, -0.25) is 4.90 Å². The first-order chi connectivity index (χ1) is 18.6. The second kappa shape index (κ2) is 10.2. The number of benzene rings is 2. The van der Waals surface area contributed by atoms with Crippen LogP contribution in [0, 0.1) is 17.2 Å². The summed E-state index contributed by atoms with van der Waals surface area (Å²) in [5.41, 5.74) is 8.96. The molecule has 3 N–H and O–H groups in total. The third kappa shape index (κ3) is 4.84. The summed E-state index contributed by atoms with van der Waals surface area (Å²) in [6, 6.07) is 19.5. The molecule has 9 nitrogen and oxygen atoms in total. The van der Waals surface area contributed by atoms with Crippen LogP contribution >= 0.6 is 0 Å². The number of nitrogen functional groups attached to an aromatic ring is 1. The van der Waals surface area contributed by atoms with E-state index in [1.54, 1.807) is 0 Å². The number of fused-ring (bicyclic) bond motifs is 1. The average molecular weight is 508 g/mol. The Balaban J connectivity index is 1.28. The van der Waals surface area contributed by atoms with Gasteiger partial charge < -0.3 is 15.6 Å². The summed E-state index contributed by atoms with van der Waals surface area (Å²) in [5.74, 6) is 2.27. The van der Waals surface area contributed by atoms with Crippen molar-refractivity contribution in [1.82, 2.24) is 24.6 Å². The third-order valence-electron chi connectivity index (χ3n) is 7.23. The molecule has 2 aromatic carbocycles. The van der Waals surface area contributed by atoms with E-state index in [2.05, 4.69) is 16.0 Å². The van der Waals surface area contributed by atoms with Gasteiger partial charge in [-0.05, 0) is 68.0 Å². The lowest BCUT2D eigenvalue weighted by Crippen LogP contribution is -2.42. The highest BCUT2D eigenvalue weighted by atomic mass is 16.5. The summed E-state index contributed by atoms with van der Waals surface area (Å²) in [4.78, 5) is 10.7. The van der Waals surface area contributed by atoms with Crippen LogP contribution in [0.2, 0.25) is 0 Å². The van der Waals surface area contributed by atoms with Gasteiger partial charge >= 0.3 is 0 Å². The van der Waals surface area contributed by atoms with Gasteiger partial charge in [0.25, 0.3) is 0 Å². The molecule has 1 aliphatic heterocycles. The van der Waals surface area contributed by atoms with Crippen molar-refractivity contribution >= 4 is 16.9 Å². The monoisotopic (exact) mass is 507 g/mol. The summed E-state index contributed by atoms with van der Waals surface area (Å²) in [6.45, 7) is 1.24. The Morgan fingerprint density at radius 2 is 1.87 bits per heavy atom. The average Bonchev–Trinajstić information content (AvgIpc) is 3.52. The van der Waals surface area contributed by atoms with E-state index >= 15 is 0 Å². The molecule has 2 atom stereocenters. The van der Waals surface area contributed by atoms with Gasteiger partial charge in [-0.15, -0.1) is 0 Å². The van der Waals surface area contributed by atoms with Crippen molar-refractivity contribution in [2.75, 3.05) is 12.3 Å². The van der Waals surface area contributed by atoms with E-state index in [0.717, 1.165) is 49.3 Å². The molecule has 0 radical (unpaired) electrons. The van der Waals surface area contributed by atoms with Crippen molar-refractivity contribution in [3.63, 3.8) is 0 Å². The Kier molecular flexibility index (Phi) is 6.50. The number of anilines is 1. The van der Waals surface area contributed by atoms with Gasteiger partial charge in [0.2, 0.25) is 0 Å². The molecule has 1 saturated heterocycles. The van der Waals surface area contributed by atoms with Gasteiger partial charge in [-0.25, -0.2) is 14.6 Å². The number of aliphatic hydroxyl groups is 1. The van der Waals surface area contributed by atoms with Crippen molar-refractivity contribution in [3.8, 4) is 28.8 Å². The van der Waals surface area contributed by atoms with Crippen LogP contribution in [-0.4, -0.2) is 48.6 Å². The van der Waals surface area contributed by atoms with Crippen LogP contribution in [0.1, 0.15) is 25.7 Å². The van der Waals surface area contributed by atoms with E-state index in [1.165, 1.54) is 6.33 Å². The van der Waals surface area contributed by atoms with Crippen molar-refractivity contribution in [2.45, 2.75) is 44.5 Å². The molecular weight excluding hydrogens is 478 g/mol. The number of ether oxygens (including phenoxy) is 1. The summed E-state index contributed by atoms with van der Waals surface area (Å²) in [6.07, 6.45) is 6.47. The van der Waals surface area contributed by atoms with Gasteiger partial charge in [0.15, 0.2) is 5.65 Å². The zero-order valence-electron chi connectivity index (χ0n) is 20.9. The van der Waals surface area contributed by atoms with Gasteiger partial charge in [0.05, 0.1) is 23.6 Å². The van der Waals surface area contributed by atoms with Crippen LogP contribution in [0.25, 0.3) is 22.3 Å². The number of aromatic nitrogens is 4. The third-order valence-corrected chi connectivity index (χ3v) is 7.23. The molecular formula is C29H29N7O2. The first-order valence-corrected chi connectivity index (χ1v) is 13.0. The van der Waals surface area contributed by atoms with Crippen LogP contribution in [-0.2, 0) is 6.54 Å². The Hall–Kier alpha value is -4.26. The number of hydrogen-bond acceptors (Lipinski definition) is 8. The molecule has 6 rings (SSSR count). The van der Waals surface area contributed by atoms with Gasteiger partial charge in [-0.1, -0.05) is 24.3 Å². The lowest BCUT2D eigenvalue weighted by atomic mass is 10.1. The minimum absolute atomic E-state index is 0.00902. The minimum Gasteiger partial charge on any atom is -0.457 e. The normalized spacial score (nSPS) is 18.9. The molecule has 4 aromatic rings. The summed E-state index contributed by atoms with van der Waals surface area (Å²) < 4.78 is 7.78. The number of nitrogens with zero attached hydrogens (tertiary/aromatic N) is 6. The number of likely N-dealkylation sites (tertiary alicyclic amines) is 1. The first kappa shape index (κ1) is 24.1. The maximum atomic E-state index is 11.1. The Morgan fingerprint density at radius 1 is 1.11 bits per heavy atom. The molecule has 2 aromatic heterocycles. The fraction of sp³-hybridized carbons (Fsp3) is 0.310. The van der Waals surface area contributed by atoms with E-state index in [1.807, 2.05) is 70.3 Å². The molecule has 192 valence electrons. The lowest BCUT2D eigenvalue weighted by molar-refractivity contribution is 0.0210. The van der Waals surface area contributed by atoms with E-state index in [9.17, 15) is 10.4 Å². The molecule has 0 amide bonds. The molecule has 1 saturated carbocycles. The van der Waals surface area contributed by atoms with Gasteiger partial charge in [0, 0.05) is 18.2 Å². The summed E-state index contributed by atoms with van der Waals surface area (Å²) >= 11 is 0. The molecule has 9 heteroatoms. The van der Waals surface area contributed by atoms with E-state index < -0.39 is 6.23 Å². The highest BCUT2D eigenvalue weighted by Crippen LogP contribution is 2.35. The maximum absolute atomic E-state index is 11.1. The number of rotatable bonds is 8. The minimum atomic E-state index is -0.911. The van der Waals surface area contributed by atoms with Crippen LogP contribution < -0.4 is 10.5 Å². The molecule has 38 heavy (non-hydrogen) atoms. The van der Waals surface area contributed by atoms with E-state index in [-0.39, 0.29) is 6.04 Å². The SMILES string of the molecule is N#C/C(=C\C1CC1)C(O)N1CCCC1Cn1nc(-c2ccc(Oc3ccccc3)cc2)c2c(N)ncnc21. The zero-order valence-corrected chi connectivity index (χ0v) is 20.9. The molecule has 3 heterocycles. The molecule has 2 fully saturated rings. The molecule has 0 spiro atoms. The first-order valence-electron chi connectivity index (χ1n) is 13.0. The number of para-hydroxylation sites is 1. The summed E-state index contributed by atoms with van der Waals surface area (Å²) in [7, 11) is 0. The van der Waals surface area contributed by atoms with E-state index in [0.29, 0.717) is 40.6 Å². The van der Waals surface area contributed by atoms with Crippen LogP contribution in [0.3, 0.4) is 0 Å². The Labute approximate surface area is 220 Å². The number of aliphatic hydroxyl groups excluding tert-OH is 1. The van der Waals surface area contributed by atoms with Crippen molar-refractivity contribution < 1.29 is 9.84 Å². The predicted molar refractivity (Wildman–Crippen MR) is 144 cm³/mol. The number of nitrogens with two attached hydrogens (primary N) is 1. The van der Waals surface area contributed by atoms with Gasteiger partial charge in [0.1, 0.15) is 35.6 Å². The predicted octanol–water partition coefficient (Wildman–Crippen LogP) is 4.51. The fourth-order valence-corrected chi connectivity index (χ4v) is 5.12. The van der Waals surface area contributed by atoms with Crippen LogP contribution in [0.5, 0.6) is 11.5 Å². The van der Waals surface area contributed by atoms with Crippen molar-refractivity contribution in [3.05, 3.63) is 72.6 Å². The molecule has 1 aliphatic carbocycles. The topological polar surface area (TPSA) is 126 Å². The number of nitriles is 1. The highest BCUT2D eigenvalue weighted by molar-refractivity contribution is 5.98. The largest absolute Gasteiger partial charge is 0.457 e. The van der Waals surface area contributed by atoms with Crippen LogP contribution in [0.4, 0.5) is 5.82 Å². The van der Waals surface area contributed by atoms with Crippen molar-refractivity contribution in [1.29, 1.82) is 5.26 Å². The second-order valence-electron chi connectivity index (χ2n) is 9.91. The number of allylic oxidation sites excluding steroid dienone is 1. The van der Waals surface area contributed by atoms with Crippen LogP contribution in [0.15, 0.2) is 72.6 Å². The molecule has 2 aliphatic rings. The fourth-order valence-electron chi connectivity index (χ4n) is 5.12. The Bertz CT molecular complexity index is 1500. The van der Waals surface area contributed by atoms with Crippen molar-refractivity contribution in [2.24, 2.45) is 5.92 Å². The smallest absolute Gasteiger partial charge is 0.164 e. The van der Waals surface area contributed by atoms with Gasteiger partial charge in [-0.2, -0.15) is 10.4 Å². The maximum Gasteiger partial charge on any atom is 0.164 e. The molecule has 2 unspecified atom stereocenters. The molecule has 0 bridgehead atoms. The quantitative estimate of drug-likeness (QED) is 0.334. The Morgan fingerprint density at radius 3 is 2.61 bits per heavy atom. The number of hydrogen-bond donors (Lipinski definition) is 2. The lowest BCUT2D eigenvalue weighted by Gasteiger charge is -2.29.